The molecule has 4 heteroatoms. The highest BCUT2D eigenvalue weighted by Gasteiger charge is 2.13. The van der Waals surface area contributed by atoms with Crippen LogP contribution >= 0.6 is 0 Å². The summed E-state index contributed by atoms with van der Waals surface area (Å²) >= 11 is 0. The van der Waals surface area contributed by atoms with Crippen molar-refractivity contribution in [3.63, 3.8) is 0 Å². The Labute approximate surface area is 236 Å². The van der Waals surface area contributed by atoms with Crippen molar-refractivity contribution in [2.24, 2.45) is 0 Å². The first-order chi connectivity index (χ1) is 18.6. The zero-order chi connectivity index (χ0) is 27.9. The van der Waals surface area contributed by atoms with Crippen molar-refractivity contribution < 1.29 is 14.6 Å². The highest BCUT2D eigenvalue weighted by molar-refractivity contribution is 5.57. The van der Waals surface area contributed by atoms with Crippen molar-refractivity contribution in [1.82, 2.24) is 4.90 Å². The van der Waals surface area contributed by atoms with Crippen LogP contribution in [0.3, 0.4) is 0 Å². The Morgan fingerprint density at radius 2 is 1.21 bits per heavy atom. The molecule has 0 aromatic carbocycles. The summed E-state index contributed by atoms with van der Waals surface area (Å²) < 4.78 is 5.16. The molecule has 1 atom stereocenters. The Bertz CT molecular complexity index is 629. The molecule has 0 fully saturated rings. The molecule has 1 N–H and O–H groups in total. The number of hydrogen-bond acceptors (Lipinski definition) is 3. The van der Waals surface area contributed by atoms with E-state index >= 15 is 0 Å². The first-order valence-corrected chi connectivity index (χ1v) is 15.9. The van der Waals surface area contributed by atoms with Crippen molar-refractivity contribution in [1.29, 1.82) is 0 Å². The summed E-state index contributed by atoms with van der Waals surface area (Å²) in [6, 6.07) is 0. The van der Waals surface area contributed by atoms with Crippen LogP contribution in [0.2, 0.25) is 0 Å². The lowest BCUT2D eigenvalue weighted by molar-refractivity contribution is 0.0422. The molecule has 0 radical (unpaired) electrons. The minimum absolute atomic E-state index is 0.141. The van der Waals surface area contributed by atoms with Crippen LogP contribution in [0, 0.1) is 11.8 Å². The summed E-state index contributed by atoms with van der Waals surface area (Å²) in [5, 5.41) is 9.07. The van der Waals surface area contributed by atoms with Crippen LogP contribution < -0.4 is 0 Å². The molecule has 0 spiro atoms. The second-order valence-corrected chi connectivity index (χ2v) is 10.9. The summed E-state index contributed by atoms with van der Waals surface area (Å²) in [5.74, 6) is 6.62. The second-order valence-electron chi connectivity index (χ2n) is 10.9. The minimum atomic E-state index is -1.13. The van der Waals surface area contributed by atoms with Gasteiger partial charge in [-0.05, 0) is 97.7 Å². The molecule has 0 amide bonds. The zero-order valence-electron chi connectivity index (χ0n) is 25.4. The van der Waals surface area contributed by atoms with E-state index in [-0.39, 0.29) is 6.10 Å². The molecule has 0 rings (SSSR count). The van der Waals surface area contributed by atoms with E-state index in [4.69, 9.17) is 9.84 Å². The van der Waals surface area contributed by atoms with Crippen LogP contribution in [0.5, 0.6) is 0 Å². The van der Waals surface area contributed by atoms with E-state index in [1.54, 1.807) is 0 Å². The van der Waals surface area contributed by atoms with Gasteiger partial charge in [-0.3, -0.25) is 0 Å². The molecule has 220 valence electrons. The standard InChI is InChI=1S/C34H61NO3/c1-4-5-6-7-8-9-10-11-12-13-15-18-21-24-27-30-33(38-34(36)37)31-28-25-22-19-16-14-17-20-23-26-29-32-35(2)3/h8-9,11-12,33H,4-7,10,13,15-16,18-32H2,1-3H3,(H,36,37). The predicted molar refractivity (Wildman–Crippen MR) is 165 cm³/mol. The molecular formula is C34H61NO3. The molecule has 0 bridgehead atoms. The SMILES string of the molecule is CCCCCC=CCC=CCCCCCCCC(CCCCCCC#CCCCCCN(C)C)OC(=O)O. The van der Waals surface area contributed by atoms with Crippen molar-refractivity contribution >= 4 is 6.16 Å². The second kappa shape index (κ2) is 29.8. The third-order valence-corrected chi connectivity index (χ3v) is 6.85. The number of carbonyl (C=O) groups is 1. The van der Waals surface area contributed by atoms with Gasteiger partial charge in [-0.15, -0.1) is 11.8 Å². The van der Waals surface area contributed by atoms with Gasteiger partial charge in [-0.1, -0.05) is 82.6 Å². The molecule has 0 saturated heterocycles. The highest BCUT2D eigenvalue weighted by Crippen LogP contribution is 2.17. The van der Waals surface area contributed by atoms with E-state index in [2.05, 4.69) is 62.1 Å². The topological polar surface area (TPSA) is 49.8 Å². The first-order valence-electron chi connectivity index (χ1n) is 15.9. The van der Waals surface area contributed by atoms with Gasteiger partial charge in [-0.25, -0.2) is 4.79 Å². The molecule has 0 aliphatic heterocycles. The van der Waals surface area contributed by atoms with Crippen molar-refractivity contribution in [2.45, 2.75) is 154 Å². The minimum Gasteiger partial charge on any atom is -0.450 e. The van der Waals surface area contributed by atoms with E-state index in [1.165, 1.54) is 77.2 Å². The molecule has 0 aromatic heterocycles. The molecule has 0 heterocycles. The number of ether oxygens (including phenoxy) is 1. The van der Waals surface area contributed by atoms with Gasteiger partial charge < -0.3 is 14.7 Å². The molecule has 38 heavy (non-hydrogen) atoms. The first kappa shape index (κ1) is 36.3. The van der Waals surface area contributed by atoms with Crippen LogP contribution in [-0.4, -0.2) is 42.9 Å². The van der Waals surface area contributed by atoms with Crippen molar-refractivity contribution in [2.75, 3.05) is 20.6 Å². The smallest absolute Gasteiger partial charge is 0.450 e. The van der Waals surface area contributed by atoms with E-state index in [9.17, 15) is 4.79 Å². The van der Waals surface area contributed by atoms with Gasteiger partial charge in [0, 0.05) is 12.8 Å². The van der Waals surface area contributed by atoms with Gasteiger partial charge >= 0.3 is 6.16 Å². The lowest BCUT2D eigenvalue weighted by atomic mass is 10.0. The Balaban J connectivity index is 3.67. The van der Waals surface area contributed by atoms with Gasteiger partial charge in [0.15, 0.2) is 0 Å². The Hall–Kier alpha value is -1.73. The van der Waals surface area contributed by atoms with Gasteiger partial charge in [0.1, 0.15) is 6.10 Å². The van der Waals surface area contributed by atoms with Crippen LogP contribution in [0.25, 0.3) is 0 Å². The number of allylic oxidation sites excluding steroid dienone is 4. The largest absolute Gasteiger partial charge is 0.506 e. The number of unbranched alkanes of at least 4 members (excludes halogenated alkanes) is 15. The van der Waals surface area contributed by atoms with Gasteiger partial charge in [0.25, 0.3) is 0 Å². The summed E-state index contributed by atoms with van der Waals surface area (Å²) in [5.41, 5.74) is 0. The van der Waals surface area contributed by atoms with Crippen LogP contribution in [0.1, 0.15) is 148 Å². The van der Waals surface area contributed by atoms with E-state index < -0.39 is 6.16 Å². The quantitative estimate of drug-likeness (QED) is 0.0522. The van der Waals surface area contributed by atoms with E-state index in [0.29, 0.717) is 0 Å². The van der Waals surface area contributed by atoms with E-state index in [1.807, 2.05) is 0 Å². The summed E-state index contributed by atoms with van der Waals surface area (Å²) in [7, 11) is 4.25. The lowest BCUT2D eigenvalue weighted by Crippen LogP contribution is -2.16. The highest BCUT2D eigenvalue weighted by atomic mass is 16.7. The maximum atomic E-state index is 11.1. The summed E-state index contributed by atoms with van der Waals surface area (Å²) in [6.45, 7) is 3.41. The van der Waals surface area contributed by atoms with Gasteiger partial charge in [0.05, 0.1) is 0 Å². The fraction of sp³-hybridized carbons (Fsp3) is 0.794. The summed E-state index contributed by atoms with van der Waals surface area (Å²) in [4.78, 5) is 13.3. The molecule has 1 unspecified atom stereocenters. The molecule has 0 aliphatic carbocycles. The fourth-order valence-electron chi connectivity index (χ4n) is 4.52. The monoisotopic (exact) mass is 531 g/mol. The lowest BCUT2D eigenvalue weighted by Gasteiger charge is -2.15. The van der Waals surface area contributed by atoms with Gasteiger partial charge in [0.2, 0.25) is 0 Å². The number of carboxylic acid groups (broad SMARTS) is 1. The zero-order valence-corrected chi connectivity index (χ0v) is 25.4. The predicted octanol–water partition coefficient (Wildman–Crippen LogP) is 10.3. The average molecular weight is 532 g/mol. The molecule has 0 aromatic rings. The molecule has 4 nitrogen and oxygen atoms in total. The Morgan fingerprint density at radius 1 is 0.711 bits per heavy atom. The summed E-state index contributed by atoms with van der Waals surface area (Å²) in [6.07, 6.45) is 33.2. The van der Waals surface area contributed by atoms with Crippen molar-refractivity contribution in [3.8, 4) is 11.8 Å². The average Bonchev–Trinajstić information content (AvgIpc) is 2.88. The van der Waals surface area contributed by atoms with Crippen LogP contribution in [0.4, 0.5) is 4.79 Å². The number of rotatable bonds is 26. The van der Waals surface area contributed by atoms with Gasteiger partial charge in [-0.2, -0.15) is 0 Å². The third-order valence-electron chi connectivity index (χ3n) is 6.85. The third kappa shape index (κ3) is 30.5. The molecular weight excluding hydrogens is 470 g/mol. The Kier molecular flexibility index (Phi) is 28.5. The number of hydrogen-bond donors (Lipinski definition) is 1. The maximum Gasteiger partial charge on any atom is 0.506 e. The normalized spacial score (nSPS) is 12.3. The van der Waals surface area contributed by atoms with Crippen molar-refractivity contribution in [3.05, 3.63) is 24.3 Å². The van der Waals surface area contributed by atoms with Crippen LogP contribution in [0.15, 0.2) is 24.3 Å². The van der Waals surface area contributed by atoms with Crippen LogP contribution in [-0.2, 0) is 4.74 Å². The maximum absolute atomic E-state index is 11.1. The van der Waals surface area contributed by atoms with E-state index in [0.717, 1.165) is 70.6 Å². The molecule has 0 aliphatic rings. The Morgan fingerprint density at radius 3 is 1.76 bits per heavy atom. The number of nitrogens with zero attached hydrogens (tertiary/aromatic N) is 1. The molecule has 0 saturated carbocycles. The fourth-order valence-corrected chi connectivity index (χ4v) is 4.52.